The van der Waals surface area contributed by atoms with Crippen molar-refractivity contribution in [1.82, 2.24) is 19.6 Å². The number of benzene rings is 1. The number of likely N-dealkylation sites (N-methyl/N-ethyl adjacent to an activating group) is 2. The van der Waals surface area contributed by atoms with E-state index in [1.54, 1.807) is 24.1 Å². The second-order valence-electron chi connectivity index (χ2n) is 12.8. The summed E-state index contributed by atoms with van der Waals surface area (Å²) >= 11 is 1.27. The van der Waals surface area contributed by atoms with E-state index in [1.807, 2.05) is 16.8 Å². The number of hydrogen-bond acceptors (Lipinski definition) is 4. The van der Waals surface area contributed by atoms with Crippen molar-refractivity contribution in [2.45, 2.75) is 76.7 Å². The van der Waals surface area contributed by atoms with Gasteiger partial charge >= 0.3 is 12.2 Å². The highest BCUT2D eigenvalue weighted by molar-refractivity contribution is 7.17. The van der Waals surface area contributed by atoms with Crippen molar-refractivity contribution in [3.8, 4) is 10.4 Å². The van der Waals surface area contributed by atoms with E-state index in [0.717, 1.165) is 36.5 Å². The number of likely N-dealkylation sites (tertiary alicyclic amines) is 2. The maximum atomic E-state index is 13.4. The van der Waals surface area contributed by atoms with E-state index < -0.39 is 11.7 Å². The molecule has 0 bridgehead atoms. The molecule has 224 valence electrons. The number of urea groups is 1. The Kier molecular flexibility index (Phi) is 8.45. The van der Waals surface area contributed by atoms with Gasteiger partial charge in [0.25, 0.3) is 5.91 Å². The van der Waals surface area contributed by atoms with E-state index >= 15 is 0 Å². The van der Waals surface area contributed by atoms with Crippen LogP contribution in [0.5, 0.6) is 0 Å². The van der Waals surface area contributed by atoms with Gasteiger partial charge in [-0.25, -0.2) is 4.79 Å². The summed E-state index contributed by atoms with van der Waals surface area (Å²) in [7, 11) is 3.68. The minimum absolute atomic E-state index is 0.0330. The van der Waals surface area contributed by atoms with E-state index in [4.69, 9.17) is 0 Å². The second kappa shape index (κ2) is 11.6. The minimum Gasteiger partial charge on any atom is -0.336 e. The highest BCUT2D eigenvalue weighted by atomic mass is 32.1. The Labute approximate surface area is 245 Å². The van der Waals surface area contributed by atoms with Gasteiger partial charge in [-0.3, -0.25) is 9.69 Å². The van der Waals surface area contributed by atoms with Crippen LogP contribution < -0.4 is 0 Å². The molecule has 2 aromatic rings. The van der Waals surface area contributed by atoms with Crippen molar-refractivity contribution in [2.24, 2.45) is 5.41 Å². The third kappa shape index (κ3) is 6.58. The molecule has 2 unspecified atom stereocenters. The maximum Gasteiger partial charge on any atom is 0.416 e. The smallest absolute Gasteiger partial charge is 0.336 e. The molecule has 2 saturated heterocycles. The van der Waals surface area contributed by atoms with Gasteiger partial charge in [0.1, 0.15) is 0 Å². The summed E-state index contributed by atoms with van der Waals surface area (Å²) in [5.74, 6) is -0.136. The summed E-state index contributed by atoms with van der Waals surface area (Å²) in [6.45, 7) is 7.80. The molecule has 2 atom stereocenters. The molecule has 3 amide bonds. The number of carbonyl (C=O) groups is 2. The van der Waals surface area contributed by atoms with Gasteiger partial charge in [-0.2, -0.15) is 13.2 Å². The van der Waals surface area contributed by atoms with Gasteiger partial charge in [0.15, 0.2) is 0 Å². The van der Waals surface area contributed by atoms with Crippen LogP contribution in [0.3, 0.4) is 0 Å². The molecule has 1 aromatic carbocycles. The SMILES string of the molecule is CN(C(=O)c1ccc(-c2ccc(C(F)(F)F)cc2)s1)C1CCN(C(=O)N(C)C2CCN(C3CCC(C)(C)CC3)C2)C1. The van der Waals surface area contributed by atoms with Crippen LogP contribution in [0.2, 0.25) is 0 Å². The van der Waals surface area contributed by atoms with E-state index in [-0.39, 0.29) is 24.0 Å². The molecular formula is C31H41F3N4O2S. The Morgan fingerprint density at radius 2 is 1.51 bits per heavy atom. The van der Waals surface area contributed by atoms with Crippen LogP contribution in [0, 0.1) is 5.41 Å². The van der Waals surface area contributed by atoms with Crippen molar-refractivity contribution in [3.05, 3.63) is 46.8 Å². The number of carbonyl (C=O) groups excluding carboxylic acids is 2. The van der Waals surface area contributed by atoms with Gasteiger partial charge in [-0.15, -0.1) is 11.3 Å². The number of nitrogens with zero attached hydrogens (tertiary/aromatic N) is 4. The number of amides is 3. The molecule has 5 rings (SSSR count). The van der Waals surface area contributed by atoms with Gasteiger partial charge in [0, 0.05) is 57.2 Å². The average molecular weight is 591 g/mol. The quantitative estimate of drug-likeness (QED) is 0.391. The van der Waals surface area contributed by atoms with Gasteiger partial charge in [-0.1, -0.05) is 26.0 Å². The number of hydrogen-bond donors (Lipinski definition) is 0. The summed E-state index contributed by atoms with van der Waals surface area (Å²) < 4.78 is 38.7. The van der Waals surface area contributed by atoms with Crippen molar-refractivity contribution in [3.63, 3.8) is 0 Å². The lowest BCUT2D eigenvalue weighted by molar-refractivity contribution is -0.137. The summed E-state index contributed by atoms with van der Waals surface area (Å²) in [4.78, 5) is 36.0. The Hall–Kier alpha value is -2.59. The maximum absolute atomic E-state index is 13.4. The zero-order valence-electron chi connectivity index (χ0n) is 24.4. The standard InChI is InChI=1S/C31H41F3N4O2S/c1-30(2)15-11-23(12-16-30)37-17-13-25(19-37)36(4)29(40)38-18-14-24(20-38)35(3)28(39)27-10-9-26(41-27)21-5-7-22(8-6-21)31(32,33)34/h5-10,23-25H,11-20H2,1-4H3. The molecule has 0 spiro atoms. The molecule has 1 aromatic heterocycles. The second-order valence-corrected chi connectivity index (χ2v) is 13.9. The lowest BCUT2D eigenvalue weighted by Crippen LogP contribution is -2.48. The number of halogens is 3. The van der Waals surface area contributed by atoms with Crippen molar-refractivity contribution >= 4 is 23.3 Å². The Bertz CT molecular complexity index is 1230. The van der Waals surface area contributed by atoms with Crippen LogP contribution >= 0.6 is 11.3 Å². The van der Waals surface area contributed by atoms with Gasteiger partial charge in [0.05, 0.1) is 16.5 Å². The fraction of sp³-hybridized carbons (Fsp3) is 0.613. The summed E-state index contributed by atoms with van der Waals surface area (Å²) in [6.07, 6.45) is 2.33. The van der Waals surface area contributed by atoms with E-state index in [9.17, 15) is 22.8 Å². The minimum atomic E-state index is -4.38. The van der Waals surface area contributed by atoms with Gasteiger partial charge in [-0.05, 0) is 73.8 Å². The highest BCUT2D eigenvalue weighted by Gasteiger charge is 2.39. The molecule has 41 heavy (non-hydrogen) atoms. The first-order valence-corrected chi connectivity index (χ1v) is 15.4. The molecule has 0 N–H and O–H groups in total. The summed E-state index contributed by atoms with van der Waals surface area (Å²) in [5, 5.41) is 0. The van der Waals surface area contributed by atoms with E-state index in [0.29, 0.717) is 41.4 Å². The van der Waals surface area contributed by atoms with Crippen molar-refractivity contribution < 1.29 is 22.8 Å². The molecule has 3 aliphatic rings. The Balaban J connectivity index is 1.13. The lowest BCUT2D eigenvalue weighted by atomic mass is 9.75. The number of rotatable bonds is 5. The molecule has 6 nitrogen and oxygen atoms in total. The van der Waals surface area contributed by atoms with Crippen LogP contribution in [0.1, 0.15) is 67.6 Å². The zero-order chi connectivity index (χ0) is 29.5. The lowest BCUT2D eigenvalue weighted by Gasteiger charge is -2.39. The number of alkyl halides is 3. The summed E-state index contributed by atoms with van der Waals surface area (Å²) in [5.41, 5.74) is 0.391. The highest BCUT2D eigenvalue weighted by Crippen LogP contribution is 2.38. The normalized spacial score (nSPS) is 23.6. The first-order valence-electron chi connectivity index (χ1n) is 14.6. The molecule has 3 heterocycles. The fourth-order valence-corrected chi connectivity index (χ4v) is 7.54. The molecular weight excluding hydrogens is 549 g/mol. The van der Waals surface area contributed by atoms with E-state index in [1.165, 1.54) is 49.2 Å². The Morgan fingerprint density at radius 3 is 2.17 bits per heavy atom. The number of thiophene rings is 1. The zero-order valence-corrected chi connectivity index (χ0v) is 25.2. The largest absolute Gasteiger partial charge is 0.416 e. The Morgan fingerprint density at radius 1 is 0.878 bits per heavy atom. The van der Waals surface area contributed by atoms with E-state index in [2.05, 4.69) is 18.7 Å². The predicted molar refractivity (Wildman–Crippen MR) is 156 cm³/mol. The first kappa shape index (κ1) is 29.9. The van der Waals surface area contributed by atoms with Crippen LogP contribution in [-0.2, 0) is 6.18 Å². The van der Waals surface area contributed by atoms with Gasteiger partial charge < -0.3 is 14.7 Å². The van der Waals surface area contributed by atoms with Crippen LogP contribution in [0.25, 0.3) is 10.4 Å². The van der Waals surface area contributed by atoms with Crippen LogP contribution in [-0.4, -0.2) is 89.9 Å². The van der Waals surface area contributed by atoms with Crippen molar-refractivity contribution in [2.75, 3.05) is 40.3 Å². The molecule has 1 saturated carbocycles. The van der Waals surface area contributed by atoms with Gasteiger partial charge in [0.2, 0.25) is 0 Å². The molecule has 0 radical (unpaired) electrons. The van der Waals surface area contributed by atoms with Crippen molar-refractivity contribution in [1.29, 1.82) is 0 Å². The average Bonchev–Trinajstić information content (AvgIpc) is 3.72. The third-order valence-corrected chi connectivity index (χ3v) is 10.6. The molecule has 1 aliphatic carbocycles. The van der Waals surface area contributed by atoms with Crippen LogP contribution in [0.15, 0.2) is 36.4 Å². The monoisotopic (exact) mass is 590 g/mol. The van der Waals surface area contributed by atoms with Crippen LogP contribution in [0.4, 0.5) is 18.0 Å². The predicted octanol–water partition coefficient (Wildman–Crippen LogP) is 6.68. The third-order valence-electron chi connectivity index (χ3n) is 9.48. The molecule has 3 fully saturated rings. The molecule has 2 aliphatic heterocycles. The topological polar surface area (TPSA) is 47.1 Å². The first-order chi connectivity index (χ1) is 19.3. The summed E-state index contributed by atoms with van der Waals surface area (Å²) in [6, 6.07) is 9.27. The fourth-order valence-electron chi connectivity index (χ4n) is 6.55. The molecule has 10 heteroatoms.